The summed E-state index contributed by atoms with van der Waals surface area (Å²) in [5.74, 6) is 0.300. The molecule has 0 amide bonds. The summed E-state index contributed by atoms with van der Waals surface area (Å²) in [6.45, 7) is 2.92. The van der Waals surface area contributed by atoms with Crippen LogP contribution in [0.15, 0.2) is 42.5 Å². The zero-order chi connectivity index (χ0) is 13.4. The van der Waals surface area contributed by atoms with Crippen molar-refractivity contribution in [3.63, 3.8) is 0 Å². The van der Waals surface area contributed by atoms with Crippen LogP contribution in [0.1, 0.15) is 24.1 Å². The van der Waals surface area contributed by atoms with Crippen LogP contribution in [0.3, 0.4) is 0 Å². The molecule has 1 unspecified atom stereocenters. The molecule has 19 heavy (non-hydrogen) atoms. The molecule has 0 fully saturated rings. The molecule has 0 bridgehead atoms. The molecular weight excluding hydrogens is 238 g/mol. The fourth-order valence-electron chi connectivity index (χ4n) is 2.89. The van der Waals surface area contributed by atoms with Gasteiger partial charge >= 0.3 is 0 Å². The van der Waals surface area contributed by atoms with Gasteiger partial charge in [0.15, 0.2) is 0 Å². The third-order valence-electron chi connectivity index (χ3n) is 3.87. The number of nitrogens with zero attached hydrogens (tertiary/aromatic N) is 1. The van der Waals surface area contributed by atoms with Gasteiger partial charge in [0.25, 0.3) is 0 Å². The number of aromatic hydroxyl groups is 2. The Balaban J connectivity index is 2.00. The van der Waals surface area contributed by atoms with Crippen molar-refractivity contribution in [2.45, 2.75) is 19.4 Å². The van der Waals surface area contributed by atoms with Crippen molar-refractivity contribution in [1.82, 2.24) is 0 Å². The molecule has 0 saturated carbocycles. The van der Waals surface area contributed by atoms with Crippen LogP contribution >= 0.6 is 0 Å². The molecule has 0 aliphatic carbocycles. The smallest absolute Gasteiger partial charge is 0.124 e. The zero-order valence-corrected chi connectivity index (χ0v) is 10.9. The highest BCUT2D eigenvalue weighted by molar-refractivity contribution is 5.61. The van der Waals surface area contributed by atoms with Gasteiger partial charge in [0.05, 0.1) is 11.6 Å². The Hall–Kier alpha value is -2.16. The Morgan fingerprint density at radius 2 is 1.68 bits per heavy atom. The molecule has 3 heteroatoms. The van der Waals surface area contributed by atoms with Crippen LogP contribution in [0.4, 0.5) is 5.69 Å². The maximum absolute atomic E-state index is 9.98. The van der Waals surface area contributed by atoms with Gasteiger partial charge in [-0.3, -0.25) is 0 Å². The van der Waals surface area contributed by atoms with Crippen LogP contribution in [0.2, 0.25) is 0 Å². The first kappa shape index (κ1) is 11.9. The molecule has 3 nitrogen and oxygen atoms in total. The summed E-state index contributed by atoms with van der Waals surface area (Å²) in [7, 11) is 0. The van der Waals surface area contributed by atoms with E-state index in [1.54, 1.807) is 18.2 Å². The van der Waals surface area contributed by atoms with Gasteiger partial charge in [-0.15, -0.1) is 0 Å². The number of para-hydroxylation sites is 1. The number of phenolic OH excluding ortho intramolecular Hbond substituents is 2. The molecule has 0 radical (unpaired) electrons. The third kappa shape index (κ3) is 1.91. The topological polar surface area (TPSA) is 43.7 Å². The number of phenols is 2. The summed E-state index contributed by atoms with van der Waals surface area (Å²) < 4.78 is 0. The summed E-state index contributed by atoms with van der Waals surface area (Å²) in [6.07, 6.45) is 1.01. The van der Waals surface area contributed by atoms with Gasteiger partial charge in [-0.25, -0.2) is 0 Å². The SMILES string of the molecule is CC(c1c(O)cccc1O)N1CCc2ccccc21. The molecule has 0 aromatic heterocycles. The molecular formula is C16H17NO2. The highest BCUT2D eigenvalue weighted by atomic mass is 16.3. The molecule has 1 aliphatic rings. The average Bonchev–Trinajstić information content (AvgIpc) is 2.82. The van der Waals surface area contributed by atoms with Gasteiger partial charge in [-0.1, -0.05) is 24.3 Å². The van der Waals surface area contributed by atoms with Crippen LogP contribution in [-0.4, -0.2) is 16.8 Å². The quantitative estimate of drug-likeness (QED) is 0.866. The zero-order valence-electron chi connectivity index (χ0n) is 10.9. The molecule has 2 N–H and O–H groups in total. The second kappa shape index (κ2) is 4.50. The lowest BCUT2D eigenvalue weighted by Gasteiger charge is -2.28. The van der Waals surface area contributed by atoms with Crippen LogP contribution in [0, 0.1) is 0 Å². The monoisotopic (exact) mass is 255 g/mol. The maximum Gasteiger partial charge on any atom is 0.124 e. The number of hydrogen-bond donors (Lipinski definition) is 2. The van der Waals surface area contributed by atoms with Crippen LogP contribution in [0.25, 0.3) is 0 Å². The number of hydrogen-bond acceptors (Lipinski definition) is 3. The fraction of sp³-hybridized carbons (Fsp3) is 0.250. The number of fused-ring (bicyclic) bond motifs is 1. The summed E-state index contributed by atoms with van der Waals surface area (Å²) in [6, 6.07) is 13.1. The van der Waals surface area contributed by atoms with Gasteiger partial charge in [0, 0.05) is 12.2 Å². The first-order valence-electron chi connectivity index (χ1n) is 6.54. The van der Waals surface area contributed by atoms with Crippen LogP contribution in [-0.2, 0) is 6.42 Å². The Morgan fingerprint density at radius 1 is 1.00 bits per heavy atom. The fourth-order valence-corrected chi connectivity index (χ4v) is 2.89. The van der Waals surface area contributed by atoms with E-state index in [-0.39, 0.29) is 17.5 Å². The Morgan fingerprint density at radius 3 is 2.42 bits per heavy atom. The largest absolute Gasteiger partial charge is 0.507 e. The van der Waals surface area contributed by atoms with Crippen molar-refractivity contribution in [3.05, 3.63) is 53.6 Å². The van der Waals surface area contributed by atoms with Crippen LogP contribution in [0.5, 0.6) is 11.5 Å². The summed E-state index contributed by atoms with van der Waals surface area (Å²) >= 11 is 0. The van der Waals surface area contributed by atoms with E-state index in [0.29, 0.717) is 5.56 Å². The predicted molar refractivity (Wildman–Crippen MR) is 75.7 cm³/mol. The van der Waals surface area contributed by atoms with Crippen LogP contribution < -0.4 is 4.90 Å². The lowest BCUT2D eigenvalue weighted by atomic mass is 10.0. The van der Waals surface area contributed by atoms with Crippen molar-refractivity contribution in [1.29, 1.82) is 0 Å². The summed E-state index contributed by atoms with van der Waals surface area (Å²) in [5.41, 5.74) is 3.11. The number of rotatable bonds is 2. The van der Waals surface area contributed by atoms with Gasteiger partial charge in [0.2, 0.25) is 0 Å². The molecule has 98 valence electrons. The second-order valence-corrected chi connectivity index (χ2v) is 4.96. The lowest BCUT2D eigenvalue weighted by molar-refractivity contribution is 0.429. The van der Waals surface area contributed by atoms with Crippen molar-refractivity contribution in [2.75, 3.05) is 11.4 Å². The van der Waals surface area contributed by atoms with Gasteiger partial charge in [-0.05, 0) is 37.1 Å². The first-order valence-corrected chi connectivity index (χ1v) is 6.54. The molecule has 2 aromatic rings. The predicted octanol–water partition coefficient (Wildman–Crippen LogP) is 3.22. The van der Waals surface area contributed by atoms with Gasteiger partial charge in [0.1, 0.15) is 11.5 Å². The minimum atomic E-state index is -0.0511. The van der Waals surface area contributed by atoms with Gasteiger partial charge in [-0.2, -0.15) is 0 Å². The van der Waals surface area contributed by atoms with Gasteiger partial charge < -0.3 is 15.1 Å². The Bertz CT molecular complexity index is 589. The van der Waals surface area contributed by atoms with Crippen molar-refractivity contribution >= 4 is 5.69 Å². The standard InChI is InChI=1S/C16H17NO2/c1-11(16-14(18)7-4-8-15(16)19)17-10-9-12-5-2-3-6-13(12)17/h2-8,11,18-19H,9-10H2,1H3. The van der Waals surface area contributed by atoms with Crippen molar-refractivity contribution in [3.8, 4) is 11.5 Å². The molecule has 0 saturated heterocycles. The molecule has 2 aromatic carbocycles. The molecule has 3 rings (SSSR count). The normalized spacial score (nSPS) is 15.3. The highest BCUT2D eigenvalue weighted by Crippen LogP contribution is 2.40. The minimum Gasteiger partial charge on any atom is -0.507 e. The van der Waals surface area contributed by atoms with E-state index in [9.17, 15) is 10.2 Å². The van der Waals surface area contributed by atoms with E-state index in [1.165, 1.54) is 11.3 Å². The lowest BCUT2D eigenvalue weighted by Crippen LogP contribution is -2.24. The summed E-state index contributed by atoms with van der Waals surface area (Å²) in [5, 5.41) is 20.0. The highest BCUT2D eigenvalue weighted by Gasteiger charge is 2.27. The van der Waals surface area contributed by atoms with E-state index in [2.05, 4.69) is 17.0 Å². The number of benzene rings is 2. The van der Waals surface area contributed by atoms with E-state index < -0.39 is 0 Å². The van der Waals surface area contributed by atoms with Crippen molar-refractivity contribution < 1.29 is 10.2 Å². The Labute approximate surface area is 112 Å². The van der Waals surface area contributed by atoms with Crippen molar-refractivity contribution in [2.24, 2.45) is 0 Å². The van der Waals surface area contributed by atoms with E-state index >= 15 is 0 Å². The average molecular weight is 255 g/mol. The number of anilines is 1. The summed E-state index contributed by atoms with van der Waals surface area (Å²) in [4.78, 5) is 2.23. The molecule has 1 atom stereocenters. The minimum absolute atomic E-state index is 0.0511. The van der Waals surface area contributed by atoms with E-state index in [4.69, 9.17) is 0 Å². The molecule has 1 aliphatic heterocycles. The molecule has 0 spiro atoms. The van der Waals surface area contributed by atoms with E-state index in [0.717, 1.165) is 13.0 Å². The third-order valence-corrected chi connectivity index (χ3v) is 3.87. The Kier molecular flexibility index (Phi) is 2.82. The maximum atomic E-state index is 9.98. The second-order valence-electron chi connectivity index (χ2n) is 4.96. The van der Waals surface area contributed by atoms with E-state index in [1.807, 2.05) is 19.1 Å². The molecule has 1 heterocycles. The first-order chi connectivity index (χ1) is 9.18.